The summed E-state index contributed by atoms with van der Waals surface area (Å²) in [5, 5.41) is 3.09. The minimum absolute atomic E-state index is 0.0331. The largest absolute Gasteiger partial charge is 0.497 e. The highest BCUT2D eigenvalue weighted by molar-refractivity contribution is 6.01. The van der Waals surface area contributed by atoms with E-state index in [9.17, 15) is 4.79 Å². The second-order valence-corrected chi connectivity index (χ2v) is 9.14. The fourth-order valence-electron chi connectivity index (χ4n) is 4.11. The summed E-state index contributed by atoms with van der Waals surface area (Å²) in [6, 6.07) is 8.05. The van der Waals surface area contributed by atoms with Crippen molar-refractivity contribution in [1.29, 1.82) is 0 Å². The molecule has 0 fully saturated rings. The van der Waals surface area contributed by atoms with Crippen molar-refractivity contribution >= 4 is 18.1 Å². The maximum Gasteiger partial charge on any atom is 0.231 e. The topological polar surface area (TPSA) is 75.5 Å². The lowest BCUT2D eigenvalue weighted by molar-refractivity contribution is -0.124. The Bertz CT molecular complexity index is 965. The first kappa shape index (κ1) is 25.5. The first-order valence-electron chi connectivity index (χ1n) is 12.1. The molecule has 0 spiro atoms. The number of rotatable bonds is 9. The number of hydrogen-bond acceptors (Lipinski definition) is 6. The first-order valence-corrected chi connectivity index (χ1v) is 12.1. The Kier molecular flexibility index (Phi) is 8.91. The van der Waals surface area contributed by atoms with Gasteiger partial charge < -0.3 is 19.7 Å². The van der Waals surface area contributed by atoms with Crippen LogP contribution in [0.4, 0.5) is 0 Å². The highest BCUT2D eigenvalue weighted by Gasteiger charge is 2.32. The lowest BCUT2D eigenvalue weighted by atomic mass is 9.92. The maximum atomic E-state index is 13.0. The molecule has 0 radical (unpaired) electrons. The first-order chi connectivity index (χ1) is 16.4. The molecule has 1 aliphatic carbocycles. The Labute approximate surface area is 203 Å². The number of nitrogens with one attached hydrogen (secondary N) is 1. The fraction of sp³-hybridized carbons (Fsp3) is 0.519. The number of benzene rings is 1. The molecule has 1 heterocycles. The van der Waals surface area contributed by atoms with E-state index in [1.54, 1.807) is 20.4 Å². The Morgan fingerprint density at radius 1 is 1.24 bits per heavy atom. The van der Waals surface area contributed by atoms with E-state index in [2.05, 4.69) is 59.4 Å². The van der Waals surface area contributed by atoms with Gasteiger partial charge in [-0.1, -0.05) is 42.8 Å². The van der Waals surface area contributed by atoms with Gasteiger partial charge in [0, 0.05) is 32.3 Å². The van der Waals surface area contributed by atoms with Crippen LogP contribution in [0.15, 0.2) is 57.9 Å². The molecule has 1 aromatic rings. The van der Waals surface area contributed by atoms with Crippen LogP contribution in [0.2, 0.25) is 0 Å². The van der Waals surface area contributed by atoms with E-state index < -0.39 is 5.92 Å². The Balaban J connectivity index is 1.72. The summed E-state index contributed by atoms with van der Waals surface area (Å²) >= 11 is 0. The summed E-state index contributed by atoms with van der Waals surface area (Å²) in [5.74, 6) is 2.20. The zero-order chi connectivity index (χ0) is 24.7. The van der Waals surface area contributed by atoms with E-state index in [1.807, 2.05) is 20.0 Å². The van der Waals surface area contributed by atoms with Crippen molar-refractivity contribution in [3.63, 3.8) is 0 Å². The molecule has 1 aromatic carbocycles. The zero-order valence-corrected chi connectivity index (χ0v) is 21.2. The number of nitrogens with zero attached hydrogens (tertiary/aromatic N) is 3. The van der Waals surface area contributed by atoms with Crippen molar-refractivity contribution in [1.82, 2.24) is 10.2 Å². The van der Waals surface area contributed by atoms with Crippen LogP contribution < -0.4 is 5.32 Å². The Morgan fingerprint density at radius 3 is 2.62 bits per heavy atom. The predicted molar refractivity (Wildman–Crippen MR) is 137 cm³/mol. The lowest BCUT2D eigenvalue weighted by Gasteiger charge is -2.29. The summed E-state index contributed by atoms with van der Waals surface area (Å²) < 4.78 is 10.9. The van der Waals surface area contributed by atoms with E-state index in [4.69, 9.17) is 14.5 Å². The van der Waals surface area contributed by atoms with Crippen LogP contribution in [-0.4, -0.2) is 56.8 Å². The predicted octanol–water partition coefficient (Wildman–Crippen LogP) is 4.41. The van der Waals surface area contributed by atoms with Crippen molar-refractivity contribution < 1.29 is 14.3 Å². The van der Waals surface area contributed by atoms with Crippen molar-refractivity contribution in [3.8, 4) is 0 Å². The molecule has 0 bridgehead atoms. The molecule has 4 unspecified atom stereocenters. The average molecular weight is 467 g/mol. The van der Waals surface area contributed by atoms with Gasteiger partial charge in [-0.25, -0.2) is 9.98 Å². The van der Waals surface area contributed by atoms with Crippen molar-refractivity contribution in [2.75, 3.05) is 27.8 Å². The molecule has 4 atom stereocenters. The van der Waals surface area contributed by atoms with Crippen LogP contribution >= 0.6 is 0 Å². The van der Waals surface area contributed by atoms with Crippen LogP contribution in [0.1, 0.15) is 50.3 Å². The molecule has 7 heteroatoms. The molecule has 1 amide bonds. The molecule has 0 saturated carbocycles. The number of aliphatic imine (C=N–C) groups is 2. The summed E-state index contributed by atoms with van der Waals surface area (Å²) in [4.78, 5) is 24.6. The molecule has 34 heavy (non-hydrogen) atoms. The summed E-state index contributed by atoms with van der Waals surface area (Å²) in [7, 11) is 5.34. The molecule has 7 nitrogen and oxygen atoms in total. The fourth-order valence-corrected chi connectivity index (χ4v) is 4.11. The number of amides is 1. The van der Waals surface area contributed by atoms with E-state index in [0.29, 0.717) is 11.9 Å². The summed E-state index contributed by atoms with van der Waals surface area (Å²) in [6.07, 6.45) is 8.53. The van der Waals surface area contributed by atoms with E-state index in [1.165, 1.54) is 5.56 Å². The number of carbonyl (C=O) groups excluding carboxylic acids is 1. The molecule has 0 aromatic heterocycles. The van der Waals surface area contributed by atoms with Crippen molar-refractivity contribution in [2.45, 2.75) is 52.1 Å². The number of guanidine groups is 1. The van der Waals surface area contributed by atoms with Crippen LogP contribution in [0.3, 0.4) is 0 Å². The number of hydrogen-bond donors (Lipinski definition) is 1. The molecular weight excluding hydrogens is 428 g/mol. The second-order valence-electron chi connectivity index (χ2n) is 9.14. The van der Waals surface area contributed by atoms with Gasteiger partial charge in [-0.2, -0.15) is 0 Å². The van der Waals surface area contributed by atoms with Gasteiger partial charge in [0.2, 0.25) is 11.9 Å². The van der Waals surface area contributed by atoms with E-state index in [0.717, 1.165) is 42.9 Å². The zero-order valence-electron chi connectivity index (χ0n) is 21.2. The molecule has 3 rings (SSSR count). The van der Waals surface area contributed by atoms with Gasteiger partial charge >= 0.3 is 0 Å². The molecule has 0 saturated heterocycles. The van der Waals surface area contributed by atoms with Crippen LogP contribution in [0.5, 0.6) is 0 Å². The monoisotopic (exact) mass is 466 g/mol. The van der Waals surface area contributed by atoms with Crippen molar-refractivity contribution in [2.24, 2.45) is 21.8 Å². The molecule has 1 N–H and O–H groups in total. The lowest BCUT2D eigenvalue weighted by Crippen LogP contribution is -2.42. The number of methoxy groups -OCH3 is 2. The van der Waals surface area contributed by atoms with Gasteiger partial charge in [0.25, 0.3) is 0 Å². The SMILES string of the molecule is CCC(C)NC(=O)C1C=NC(N(C)CCC2C=CC(OC)=C(OC)C2)=NC1c1ccc(C)cc1. The maximum absolute atomic E-state index is 13.0. The third-order valence-electron chi connectivity index (χ3n) is 6.55. The van der Waals surface area contributed by atoms with Gasteiger partial charge in [-0.05, 0) is 44.2 Å². The van der Waals surface area contributed by atoms with E-state index in [-0.39, 0.29) is 18.0 Å². The summed E-state index contributed by atoms with van der Waals surface area (Å²) in [6.45, 7) is 6.92. The van der Waals surface area contributed by atoms with E-state index >= 15 is 0 Å². The third-order valence-corrected chi connectivity index (χ3v) is 6.55. The van der Waals surface area contributed by atoms with Crippen LogP contribution in [0.25, 0.3) is 0 Å². The number of carbonyl (C=O) groups is 1. The van der Waals surface area contributed by atoms with Crippen molar-refractivity contribution in [3.05, 3.63) is 59.1 Å². The van der Waals surface area contributed by atoms with Gasteiger partial charge in [-0.3, -0.25) is 4.79 Å². The number of allylic oxidation sites excluding steroid dienone is 3. The normalized spacial score (nSPS) is 22.8. The third kappa shape index (κ3) is 6.27. The van der Waals surface area contributed by atoms with Gasteiger partial charge in [0.1, 0.15) is 5.76 Å². The minimum atomic E-state index is -0.433. The molecule has 184 valence electrons. The summed E-state index contributed by atoms with van der Waals surface area (Å²) in [5.41, 5.74) is 2.20. The van der Waals surface area contributed by atoms with Gasteiger partial charge in [0.15, 0.2) is 5.76 Å². The number of ether oxygens (including phenoxy) is 2. The minimum Gasteiger partial charge on any atom is -0.497 e. The molecule has 1 aliphatic heterocycles. The standard InChI is InChI=1S/C27H38N4O3/c1-7-19(3)29-26(32)22-17-28-27(30-25(22)21-11-8-18(2)9-12-21)31(4)15-14-20-10-13-23(33-5)24(16-20)34-6/h8-13,17,19-20,22,25H,7,14-16H2,1-6H3,(H,29,32). The van der Waals surface area contributed by atoms with Gasteiger partial charge in [-0.15, -0.1) is 0 Å². The second kappa shape index (κ2) is 11.9. The van der Waals surface area contributed by atoms with Gasteiger partial charge in [0.05, 0.1) is 26.2 Å². The number of aryl methyl sites for hydroxylation is 1. The molecule has 2 aliphatic rings. The quantitative estimate of drug-likeness (QED) is 0.585. The Morgan fingerprint density at radius 2 is 1.97 bits per heavy atom. The average Bonchev–Trinajstić information content (AvgIpc) is 2.86. The molecular formula is C27H38N4O3. The smallest absolute Gasteiger partial charge is 0.231 e. The van der Waals surface area contributed by atoms with Crippen LogP contribution in [0, 0.1) is 18.8 Å². The van der Waals surface area contributed by atoms with Crippen LogP contribution in [-0.2, 0) is 14.3 Å². The highest BCUT2D eigenvalue weighted by atomic mass is 16.5. The Hall–Kier alpha value is -3.09. The highest BCUT2D eigenvalue weighted by Crippen LogP contribution is 2.30.